The molecule has 0 fully saturated rings. The van der Waals surface area contributed by atoms with Crippen LogP contribution in [0, 0.1) is 18.2 Å². The second-order valence-corrected chi connectivity index (χ2v) is 7.54. The van der Waals surface area contributed by atoms with Gasteiger partial charge in [-0.25, -0.2) is 14.1 Å². The molecule has 1 aromatic rings. The van der Waals surface area contributed by atoms with Gasteiger partial charge in [0.2, 0.25) is 0 Å². The average Bonchev–Trinajstić information content (AvgIpc) is 2.73. The summed E-state index contributed by atoms with van der Waals surface area (Å²) >= 11 is 11.9. The van der Waals surface area contributed by atoms with Crippen molar-refractivity contribution in [2.24, 2.45) is 0 Å². The fourth-order valence-corrected chi connectivity index (χ4v) is 3.35. The van der Waals surface area contributed by atoms with Gasteiger partial charge >= 0.3 is 5.97 Å². The van der Waals surface area contributed by atoms with Gasteiger partial charge in [-0.15, -0.1) is 18.0 Å². The Bertz CT molecular complexity index is 936. The van der Waals surface area contributed by atoms with Gasteiger partial charge in [0.15, 0.2) is 0 Å². The largest absolute Gasteiger partial charge is 0.479 e. The summed E-state index contributed by atoms with van der Waals surface area (Å²) in [6.45, 7) is 1.19. The number of carbonyl (C=O) groups excluding carboxylic acids is 3. The summed E-state index contributed by atoms with van der Waals surface area (Å²) in [5, 5.41) is -1.23. The fourth-order valence-electron chi connectivity index (χ4n) is 3.05. The van der Waals surface area contributed by atoms with E-state index < -0.39 is 34.7 Å². The summed E-state index contributed by atoms with van der Waals surface area (Å²) in [5.41, 5.74) is -0.164. The van der Waals surface area contributed by atoms with Crippen LogP contribution in [0.4, 0.5) is 10.1 Å². The lowest BCUT2D eigenvalue weighted by Gasteiger charge is -2.27. The third-order valence-electron chi connectivity index (χ3n) is 4.47. The predicted octanol–water partition coefficient (Wildman–Crippen LogP) is 4.02. The molecular weight excluding hydrogens is 436 g/mol. The molecule has 0 saturated carbocycles. The standard InChI is InChI=1S/C21H20Cl2FNO5/c1-4-9-30-18-11-17(16(24)10-15(18)23)25(19(26)12(2)22)20(27)13-7-5-6-8-14(13)21(28)29-3/h1,10-12H,5-9H2,2-3H3. The number of esters is 1. The van der Waals surface area contributed by atoms with Crippen LogP contribution in [-0.4, -0.2) is 36.9 Å². The first-order chi connectivity index (χ1) is 14.2. The van der Waals surface area contributed by atoms with E-state index in [0.29, 0.717) is 24.2 Å². The second-order valence-electron chi connectivity index (χ2n) is 6.48. The Morgan fingerprint density at radius 3 is 2.47 bits per heavy atom. The average molecular weight is 456 g/mol. The number of terminal acetylenes is 1. The maximum atomic E-state index is 14.8. The Labute approximate surface area is 183 Å². The Kier molecular flexibility index (Phi) is 8.27. The molecule has 1 atom stereocenters. The van der Waals surface area contributed by atoms with Gasteiger partial charge in [-0.05, 0) is 38.7 Å². The van der Waals surface area contributed by atoms with Crippen LogP contribution in [0.15, 0.2) is 23.3 Å². The summed E-state index contributed by atoms with van der Waals surface area (Å²) < 4.78 is 24.8. The minimum absolute atomic E-state index is 0.00958. The van der Waals surface area contributed by atoms with E-state index >= 15 is 0 Å². The van der Waals surface area contributed by atoms with Gasteiger partial charge in [0.1, 0.15) is 23.6 Å². The predicted molar refractivity (Wildman–Crippen MR) is 111 cm³/mol. The second kappa shape index (κ2) is 10.5. The zero-order valence-corrected chi connectivity index (χ0v) is 18.0. The molecule has 1 unspecified atom stereocenters. The SMILES string of the molecule is C#CCOc1cc(N(C(=O)C2=C(C(=O)OC)CCCC2)C(=O)C(C)Cl)c(F)cc1Cl. The maximum Gasteiger partial charge on any atom is 0.334 e. The lowest BCUT2D eigenvalue weighted by molar-refractivity contribution is -0.137. The van der Waals surface area contributed by atoms with E-state index in [4.69, 9.17) is 39.1 Å². The highest BCUT2D eigenvalue weighted by molar-refractivity contribution is 6.37. The van der Waals surface area contributed by atoms with Gasteiger partial charge in [0.05, 0.1) is 17.8 Å². The Balaban J connectivity index is 2.64. The third kappa shape index (κ3) is 5.13. The number of ether oxygens (including phenoxy) is 2. The number of methoxy groups -OCH3 is 1. The van der Waals surface area contributed by atoms with Gasteiger partial charge in [-0.1, -0.05) is 17.5 Å². The monoisotopic (exact) mass is 455 g/mol. The van der Waals surface area contributed by atoms with Crippen molar-refractivity contribution in [3.05, 3.63) is 34.1 Å². The first-order valence-electron chi connectivity index (χ1n) is 9.10. The van der Waals surface area contributed by atoms with E-state index in [1.807, 2.05) is 0 Å². The van der Waals surface area contributed by atoms with Crippen LogP contribution < -0.4 is 9.64 Å². The Hall–Kier alpha value is -2.56. The molecule has 0 aromatic heterocycles. The number of benzene rings is 1. The van der Waals surface area contributed by atoms with Crippen molar-refractivity contribution in [1.82, 2.24) is 0 Å². The summed E-state index contributed by atoms with van der Waals surface area (Å²) in [6.07, 6.45) is 7.02. The molecule has 0 aliphatic heterocycles. The number of halogens is 3. The minimum atomic E-state index is -1.15. The molecule has 1 aliphatic carbocycles. The van der Waals surface area contributed by atoms with E-state index in [1.165, 1.54) is 14.0 Å². The number of rotatable bonds is 6. The number of amides is 2. The van der Waals surface area contributed by atoms with E-state index in [-0.39, 0.29) is 34.9 Å². The molecule has 0 heterocycles. The molecule has 2 rings (SSSR count). The summed E-state index contributed by atoms with van der Waals surface area (Å²) in [6, 6.07) is 2.01. The zero-order chi connectivity index (χ0) is 22.4. The number of anilines is 1. The van der Waals surface area contributed by atoms with Crippen LogP contribution in [0.2, 0.25) is 5.02 Å². The molecule has 0 N–H and O–H groups in total. The topological polar surface area (TPSA) is 72.9 Å². The molecule has 0 saturated heterocycles. The zero-order valence-electron chi connectivity index (χ0n) is 16.5. The summed E-state index contributed by atoms with van der Waals surface area (Å²) in [5.74, 6) is -1.09. The van der Waals surface area contributed by atoms with Gasteiger partial charge in [-0.3, -0.25) is 9.59 Å². The van der Waals surface area contributed by atoms with Crippen LogP contribution in [0.3, 0.4) is 0 Å². The van der Waals surface area contributed by atoms with Crippen molar-refractivity contribution in [2.45, 2.75) is 38.0 Å². The van der Waals surface area contributed by atoms with E-state index in [2.05, 4.69) is 5.92 Å². The van der Waals surface area contributed by atoms with Crippen LogP contribution in [0.1, 0.15) is 32.6 Å². The quantitative estimate of drug-likeness (QED) is 0.367. The van der Waals surface area contributed by atoms with Crippen LogP contribution in [-0.2, 0) is 19.1 Å². The molecule has 2 amide bonds. The molecule has 9 heteroatoms. The molecule has 1 aromatic carbocycles. The lowest BCUT2D eigenvalue weighted by atomic mass is 9.90. The number of hydrogen-bond donors (Lipinski definition) is 0. The molecule has 30 heavy (non-hydrogen) atoms. The van der Waals surface area contributed by atoms with E-state index in [9.17, 15) is 18.8 Å². The Morgan fingerprint density at radius 1 is 1.27 bits per heavy atom. The number of carbonyl (C=O) groups is 3. The van der Waals surface area contributed by atoms with Gasteiger partial charge < -0.3 is 9.47 Å². The highest BCUT2D eigenvalue weighted by Gasteiger charge is 2.35. The normalized spacial score (nSPS) is 14.5. The molecule has 0 bridgehead atoms. The molecule has 0 spiro atoms. The summed E-state index contributed by atoms with van der Waals surface area (Å²) in [7, 11) is 1.20. The number of nitrogens with zero attached hydrogens (tertiary/aromatic N) is 1. The first-order valence-corrected chi connectivity index (χ1v) is 9.92. The third-order valence-corrected chi connectivity index (χ3v) is 4.96. The molecule has 0 radical (unpaired) electrons. The lowest BCUT2D eigenvalue weighted by Crippen LogP contribution is -2.43. The smallest absolute Gasteiger partial charge is 0.334 e. The van der Waals surface area contributed by atoms with E-state index in [1.54, 1.807) is 0 Å². The summed E-state index contributed by atoms with van der Waals surface area (Å²) in [4.78, 5) is 38.9. The highest BCUT2D eigenvalue weighted by Crippen LogP contribution is 2.35. The van der Waals surface area contributed by atoms with Crippen molar-refractivity contribution in [1.29, 1.82) is 0 Å². The van der Waals surface area contributed by atoms with Crippen molar-refractivity contribution in [3.8, 4) is 18.1 Å². The van der Waals surface area contributed by atoms with E-state index in [0.717, 1.165) is 12.1 Å². The van der Waals surface area contributed by atoms with Gasteiger partial charge in [0, 0.05) is 17.2 Å². The van der Waals surface area contributed by atoms with Gasteiger partial charge in [0.25, 0.3) is 11.8 Å². The number of imide groups is 1. The van der Waals surface area contributed by atoms with Crippen molar-refractivity contribution >= 4 is 46.7 Å². The van der Waals surface area contributed by atoms with Gasteiger partial charge in [-0.2, -0.15) is 0 Å². The minimum Gasteiger partial charge on any atom is -0.479 e. The van der Waals surface area contributed by atoms with Crippen molar-refractivity contribution in [2.75, 3.05) is 18.6 Å². The van der Waals surface area contributed by atoms with Crippen molar-refractivity contribution in [3.63, 3.8) is 0 Å². The van der Waals surface area contributed by atoms with Crippen LogP contribution in [0.5, 0.6) is 5.75 Å². The molecule has 6 nitrogen and oxygen atoms in total. The first kappa shape index (κ1) is 23.7. The fraction of sp³-hybridized carbons (Fsp3) is 0.381. The highest BCUT2D eigenvalue weighted by atomic mass is 35.5. The number of alkyl halides is 1. The van der Waals surface area contributed by atoms with Crippen molar-refractivity contribution < 1.29 is 28.2 Å². The van der Waals surface area contributed by atoms with Crippen LogP contribution >= 0.6 is 23.2 Å². The Morgan fingerprint density at radius 2 is 1.90 bits per heavy atom. The molecule has 1 aliphatic rings. The molecule has 160 valence electrons. The number of hydrogen-bond acceptors (Lipinski definition) is 5. The maximum absolute atomic E-state index is 14.8. The molecular formula is C21H20Cl2FNO5. The van der Waals surface area contributed by atoms with Crippen LogP contribution in [0.25, 0.3) is 0 Å².